The Bertz CT molecular complexity index is 843. The molecule has 0 aromatic carbocycles. The van der Waals surface area contributed by atoms with E-state index in [1.54, 1.807) is 6.20 Å². The highest BCUT2D eigenvalue weighted by Gasteiger charge is 2.59. The lowest BCUT2D eigenvalue weighted by Gasteiger charge is -2.61. The predicted molar refractivity (Wildman–Crippen MR) is 96.9 cm³/mol. The van der Waals surface area contributed by atoms with Crippen LogP contribution in [0.3, 0.4) is 0 Å². The largest absolute Gasteiger partial charge is 0.378 e. The first-order valence-corrected chi connectivity index (χ1v) is 9.22. The van der Waals surface area contributed by atoms with E-state index in [9.17, 15) is 4.79 Å². The Morgan fingerprint density at radius 1 is 1.44 bits per heavy atom. The normalized spacial score (nSPS) is 25.0. The van der Waals surface area contributed by atoms with Gasteiger partial charge in [-0.1, -0.05) is 6.42 Å². The monoisotopic (exact) mass is 345 g/mol. The Morgan fingerprint density at radius 3 is 2.80 bits per heavy atom. The Labute approximate surface area is 147 Å². The topological polar surface area (TPSA) is 84.8 Å². The van der Waals surface area contributed by atoms with Crippen molar-refractivity contribution in [2.24, 2.45) is 5.41 Å². The molecule has 0 bridgehead atoms. The van der Waals surface area contributed by atoms with Gasteiger partial charge in [-0.3, -0.25) is 9.78 Å². The first-order chi connectivity index (χ1) is 11.8. The van der Waals surface area contributed by atoms with E-state index in [0.717, 1.165) is 13.0 Å². The van der Waals surface area contributed by atoms with Crippen LogP contribution in [0.1, 0.15) is 53.4 Å². The SMILES string of the molecule is CCOC1CC(Nc2nc3c(cnn3C(C)(C)C)c(=O)[nH]2)C12CCC2. The van der Waals surface area contributed by atoms with Gasteiger partial charge in [-0.15, -0.1) is 0 Å². The molecule has 2 atom stereocenters. The molecule has 2 aromatic rings. The molecule has 0 amide bonds. The lowest BCUT2D eigenvalue weighted by atomic mass is 9.51. The molecule has 2 aromatic heterocycles. The molecule has 0 saturated heterocycles. The van der Waals surface area contributed by atoms with Gasteiger partial charge in [0.1, 0.15) is 5.39 Å². The number of fused-ring (bicyclic) bond motifs is 1. The van der Waals surface area contributed by atoms with Crippen LogP contribution in [0.4, 0.5) is 5.95 Å². The number of nitrogens with zero attached hydrogens (tertiary/aromatic N) is 3. The first kappa shape index (κ1) is 16.6. The van der Waals surface area contributed by atoms with Crippen LogP contribution in [-0.4, -0.2) is 38.5 Å². The van der Waals surface area contributed by atoms with E-state index in [0.29, 0.717) is 29.1 Å². The summed E-state index contributed by atoms with van der Waals surface area (Å²) in [5, 5.41) is 8.36. The number of rotatable bonds is 4. The van der Waals surface area contributed by atoms with E-state index in [1.807, 2.05) is 11.6 Å². The van der Waals surface area contributed by atoms with Crippen LogP contribution < -0.4 is 10.9 Å². The molecule has 2 fully saturated rings. The molecule has 2 aliphatic carbocycles. The maximum Gasteiger partial charge on any atom is 0.263 e. The minimum absolute atomic E-state index is 0.147. The third-order valence-corrected chi connectivity index (χ3v) is 5.82. The summed E-state index contributed by atoms with van der Waals surface area (Å²) in [5.74, 6) is 0.537. The predicted octanol–water partition coefficient (Wildman–Crippen LogP) is 2.63. The Kier molecular flexibility index (Phi) is 3.68. The van der Waals surface area contributed by atoms with Gasteiger partial charge in [0.25, 0.3) is 5.56 Å². The second-order valence-electron chi connectivity index (χ2n) is 8.34. The molecule has 4 rings (SSSR count). The highest BCUT2D eigenvalue weighted by atomic mass is 16.5. The van der Waals surface area contributed by atoms with Crippen LogP contribution >= 0.6 is 0 Å². The maximum atomic E-state index is 12.4. The molecule has 2 saturated carbocycles. The molecule has 25 heavy (non-hydrogen) atoms. The zero-order chi connectivity index (χ0) is 17.8. The minimum atomic E-state index is -0.231. The van der Waals surface area contributed by atoms with Crippen LogP contribution in [0.5, 0.6) is 0 Å². The van der Waals surface area contributed by atoms with E-state index in [4.69, 9.17) is 4.74 Å². The first-order valence-electron chi connectivity index (χ1n) is 9.22. The number of nitrogens with one attached hydrogen (secondary N) is 2. The molecular weight excluding hydrogens is 318 g/mol. The van der Waals surface area contributed by atoms with Crippen LogP contribution in [0.25, 0.3) is 11.0 Å². The van der Waals surface area contributed by atoms with Crippen molar-refractivity contribution in [1.29, 1.82) is 0 Å². The number of aromatic nitrogens is 4. The molecule has 2 N–H and O–H groups in total. The summed E-state index contributed by atoms with van der Waals surface area (Å²) in [4.78, 5) is 20.0. The van der Waals surface area contributed by atoms with E-state index in [2.05, 4.69) is 41.2 Å². The van der Waals surface area contributed by atoms with Crippen LogP contribution in [0.15, 0.2) is 11.0 Å². The summed E-state index contributed by atoms with van der Waals surface area (Å²) in [6, 6.07) is 0.310. The lowest BCUT2D eigenvalue weighted by Crippen LogP contribution is -2.64. The highest BCUT2D eigenvalue weighted by molar-refractivity contribution is 5.74. The van der Waals surface area contributed by atoms with Gasteiger partial charge in [0.15, 0.2) is 5.65 Å². The third-order valence-electron chi connectivity index (χ3n) is 5.82. The molecule has 2 heterocycles. The molecule has 1 spiro atoms. The van der Waals surface area contributed by atoms with Crippen molar-refractivity contribution >= 4 is 17.0 Å². The molecule has 7 nitrogen and oxygen atoms in total. The number of anilines is 1. The van der Waals surface area contributed by atoms with E-state index in [1.165, 1.54) is 19.3 Å². The van der Waals surface area contributed by atoms with E-state index >= 15 is 0 Å². The molecule has 136 valence electrons. The third kappa shape index (κ3) is 2.47. The molecular formula is C18H27N5O2. The molecule has 2 aliphatic rings. The van der Waals surface area contributed by atoms with Crippen molar-refractivity contribution in [3.05, 3.63) is 16.6 Å². The average Bonchev–Trinajstić information content (AvgIpc) is 2.88. The van der Waals surface area contributed by atoms with Crippen molar-refractivity contribution in [3.63, 3.8) is 0 Å². The van der Waals surface area contributed by atoms with Gasteiger partial charge >= 0.3 is 0 Å². The van der Waals surface area contributed by atoms with Gasteiger partial charge in [-0.2, -0.15) is 10.1 Å². The summed E-state index contributed by atoms with van der Waals surface area (Å²) < 4.78 is 7.71. The van der Waals surface area contributed by atoms with Crippen molar-refractivity contribution < 1.29 is 4.74 Å². The fourth-order valence-corrected chi connectivity index (χ4v) is 4.28. The summed E-state index contributed by atoms with van der Waals surface area (Å²) in [5.41, 5.74) is 0.465. The fourth-order valence-electron chi connectivity index (χ4n) is 4.28. The summed E-state index contributed by atoms with van der Waals surface area (Å²) in [7, 11) is 0. The molecule has 2 unspecified atom stereocenters. The van der Waals surface area contributed by atoms with Gasteiger partial charge in [0, 0.05) is 18.1 Å². The quantitative estimate of drug-likeness (QED) is 0.890. The zero-order valence-electron chi connectivity index (χ0n) is 15.4. The molecule has 0 radical (unpaired) electrons. The fraction of sp³-hybridized carbons (Fsp3) is 0.722. The van der Waals surface area contributed by atoms with Crippen molar-refractivity contribution in [1.82, 2.24) is 19.7 Å². The van der Waals surface area contributed by atoms with Gasteiger partial charge in [-0.05, 0) is 47.0 Å². The number of hydrogen-bond donors (Lipinski definition) is 2. The average molecular weight is 345 g/mol. The van der Waals surface area contributed by atoms with Crippen molar-refractivity contribution in [2.45, 2.75) is 71.1 Å². The summed E-state index contributed by atoms with van der Waals surface area (Å²) >= 11 is 0. The van der Waals surface area contributed by atoms with Crippen LogP contribution in [0.2, 0.25) is 0 Å². The smallest absolute Gasteiger partial charge is 0.263 e. The van der Waals surface area contributed by atoms with Gasteiger partial charge in [0.05, 0.1) is 17.8 Å². The Morgan fingerprint density at radius 2 is 2.20 bits per heavy atom. The number of aromatic amines is 1. The van der Waals surface area contributed by atoms with Crippen LogP contribution in [-0.2, 0) is 10.3 Å². The second-order valence-corrected chi connectivity index (χ2v) is 8.34. The molecule has 7 heteroatoms. The minimum Gasteiger partial charge on any atom is -0.378 e. The van der Waals surface area contributed by atoms with Crippen molar-refractivity contribution in [2.75, 3.05) is 11.9 Å². The number of ether oxygens (including phenoxy) is 1. The zero-order valence-corrected chi connectivity index (χ0v) is 15.4. The second kappa shape index (κ2) is 5.56. The lowest BCUT2D eigenvalue weighted by molar-refractivity contribution is -0.157. The van der Waals surface area contributed by atoms with Crippen LogP contribution in [0, 0.1) is 5.41 Å². The van der Waals surface area contributed by atoms with Gasteiger partial charge in [-0.25, -0.2) is 4.68 Å². The van der Waals surface area contributed by atoms with Gasteiger partial charge < -0.3 is 10.1 Å². The maximum absolute atomic E-state index is 12.4. The molecule has 0 aliphatic heterocycles. The number of H-pyrrole nitrogens is 1. The summed E-state index contributed by atoms with van der Waals surface area (Å²) in [6.45, 7) is 8.96. The van der Waals surface area contributed by atoms with Crippen molar-refractivity contribution in [3.8, 4) is 0 Å². The Balaban J connectivity index is 1.63. The Hall–Kier alpha value is -1.89. The van der Waals surface area contributed by atoms with Gasteiger partial charge in [0.2, 0.25) is 5.95 Å². The number of hydrogen-bond acceptors (Lipinski definition) is 5. The standard InChI is InChI=1S/C18H27N5O2/c1-5-25-13-9-12(18(13)7-6-8-18)20-16-21-14-11(15(24)22-16)10-19-23(14)17(2,3)4/h10,12-13H,5-9H2,1-4H3,(H2,20,21,22,24). The summed E-state index contributed by atoms with van der Waals surface area (Å²) in [6.07, 6.45) is 6.51. The van der Waals surface area contributed by atoms with E-state index < -0.39 is 0 Å². The van der Waals surface area contributed by atoms with E-state index in [-0.39, 0.29) is 16.5 Å². The highest BCUT2D eigenvalue weighted by Crippen LogP contribution is 2.57.